The molecular formula is C16H17NO. The van der Waals surface area contributed by atoms with Crippen molar-refractivity contribution in [2.45, 2.75) is 24.9 Å². The molecule has 0 spiro atoms. The van der Waals surface area contributed by atoms with Crippen molar-refractivity contribution in [3.05, 3.63) is 66.0 Å². The standard InChI is InChI=1S/C16H17NO/c18-16(10-13-8-4-5-9-17-13)15-11-14(15)12-6-2-1-3-7-12/h1-9,14-16,18H,10-11H2. The summed E-state index contributed by atoms with van der Waals surface area (Å²) in [5.74, 6) is 0.930. The Hall–Kier alpha value is -1.67. The van der Waals surface area contributed by atoms with Crippen molar-refractivity contribution in [2.24, 2.45) is 5.92 Å². The molecule has 3 atom stereocenters. The average molecular weight is 239 g/mol. The first-order chi connectivity index (χ1) is 8.84. The van der Waals surface area contributed by atoms with Gasteiger partial charge in [0.25, 0.3) is 0 Å². The van der Waals surface area contributed by atoms with Crippen molar-refractivity contribution in [1.82, 2.24) is 4.98 Å². The van der Waals surface area contributed by atoms with Crippen LogP contribution in [0.1, 0.15) is 23.6 Å². The van der Waals surface area contributed by atoms with Gasteiger partial charge in [0.05, 0.1) is 6.10 Å². The Morgan fingerprint density at radius 3 is 2.61 bits per heavy atom. The first-order valence-corrected chi connectivity index (χ1v) is 6.47. The number of pyridine rings is 1. The summed E-state index contributed by atoms with van der Waals surface area (Å²) in [6.07, 6.45) is 3.27. The summed E-state index contributed by atoms with van der Waals surface area (Å²) in [5, 5.41) is 10.2. The fourth-order valence-corrected chi connectivity index (χ4v) is 2.61. The molecule has 2 aromatic rings. The van der Waals surface area contributed by atoms with Crippen LogP contribution in [0, 0.1) is 5.92 Å². The molecule has 1 N–H and O–H groups in total. The lowest BCUT2D eigenvalue weighted by atomic mass is 10.0. The molecule has 0 radical (unpaired) electrons. The molecule has 1 heterocycles. The van der Waals surface area contributed by atoms with Gasteiger partial charge in [0.1, 0.15) is 0 Å². The molecule has 92 valence electrons. The first kappa shape index (κ1) is 11.4. The van der Waals surface area contributed by atoms with Gasteiger partial charge in [0.15, 0.2) is 0 Å². The van der Waals surface area contributed by atoms with E-state index in [9.17, 15) is 5.11 Å². The Kier molecular flexibility index (Phi) is 3.11. The first-order valence-electron chi connectivity index (χ1n) is 6.47. The van der Waals surface area contributed by atoms with Crippen LogP contribution in [0.3, 0.4) is 0 Å². The normalized spacial score (nSPS) is 23.6. The third kappa shape index (κ3) is 2.44. The topological polar surface area (TPSA) is 33.1 Å². The molecule has 1 saturated carbocycles. The van der Waals surface area contributed by atoms with Gasteiger partial charge in [-0.1, -0.05) is 36.4 Å². The van der Waals surface area contributed by atoms with Crippen LogP contribution in [0.15, 0.2) is 54.7 Å². The lowest BCUT2D eigenvalue weighted by Gasteiger charge is -2.09. The summed E-state index contributed by atoms with van der Waals surface area (Å²) in [7, 11) is 0. The third-order valence-corrected chi connectivity index (χ3v) is 3.71. The van der Waals surface area contributed by atoms with Gasteiger partial charge in [-0.2, -0.15) is 0 Å². The highest BCUT2D eigenvalue weighted by Crippen LogP contribution is 2.49. The van der Waals surface area contributed by atoms with Crippen LogP contribution in [0.25, 0.3) is 0 Å². The molecule has 2 heteroatoms. The Bertz CT molecular complexity index is 497. The van der Waals surface area contributed by atoms with E-state index in [1.807, 2.05) is 24.3 Å². The van der Waals surface area contributed by atoms with E-state index in [2.05, 4.69) is 29.2 Å². The highest BCUT2D eigenvalue weighted by atomic mass is 16.3. The number of nitrogens with zero attached hydrogens (tertiary/aromatic N) is 1. The van der Waals surface area contributed by atoms with Gasteiger partial charge in [0, 0.05) is 18.3 Å². The minimum absolute atomic E-state index is 0.273. The lowest BCUT2D eigenvalue weighted by molar-refractivity contribution is 0.148. The van der Waals surface area contributed by atoms with E-state index in [-0.39, 0.29) is 6.10 Å². The smallest absolute Gasteiger partial charge is 0.0629 e. The molecule has 1 aromatic carbocycles. The Morgan fingerprint density at radius 1 is 1.11 bits per heavy atom. The van der Waals surface area contributed by atoms with Crippen molar-refractivity contribution in [3.63, 3.8) is 0 Å². The Labute approximate surface area is 107 Å². The van der Waals surface area contributed by atoms with E-state index in [1.54, 1.807) is 6.20 Å². The second kappa shape index (κ2) is 4.91. The molecule has 3 unspecified atom stereocenters. The van der Waals surface area contributed by atoms with E-state index in [1.165, 1.54) is 5.56 Å². The number of hydrogen-bond acceptors (Lipinski definition) is 2. The second-order valence-electron chi connectivity index (χ2n) is 5.01. The van der Waals surface area contributed by atoms with Crippen molar-refractivity contribution in [3.8, 4) is 0 Å². The highest BCUT2D eigenvalue weighted by molar-refractivity contribution is 5.26. The SMILES string of the molecule is OC(Cc1ccccn1)C1CC1c1ccccc1. The molecule has 0 saturated heterocycles. The number of aliphatic hydroxyl groups excluding tert-OH is 1. The van der Waals surface area contributed by atoms with Crippen LogP contribution in [-0.2, 0) is 6.42 Å². The minimum Gasteiger partial charge on any atom is -0.392 e. The zero-order valence-electron chi connectivity index (χ0n) is 10.2. The molecule has 2 nitrogen and oxygen atoms in total. The quantitative estimate of drug-likeness (QED) is 0.890. The maximum Gasteiger partial charge on any atom is 0.0629 e. The van der Waals surface area contributed by atoms with Crippen LogP contribution in [0.2, 0.25) is 0 Å². The minimum atomic E-state index is -0.273. The van der Waals surface area contributed by atoms with Crippen LogP contribution in [0.4, 0.5) is 0 Å². The van der Waals surface area contributed by atoms with Crippen molar-refractivity contribution in [1.29, 1.82) is 0 Å². The molecular weight excluding hydrogens is 222 g/mol. The summed E-state index contributed by atoms with van der Waals surface area (Å²) in [6, 6.07) is 16.3. The predicted octanol–water partition coefficient (Wildman–Crippen LogP) is 2.79. The summed E-state index contributed by atoms with van der Waals surface area (Å²) >= 11 is 0. The number of rotatable bonds is 4. The summed E-state index contributed by atoms with van der Waals surface area (Å²) in [4.78, 5) is 4.27. The van der Waals surface area contributed by atoms with E-state index < -0.39 is 0 Å². The zero-order chi connectivity index (χ0) is 12.4. The van der Waals surface area contributed by atoms with E-state index >= 15 is 0 Å². The number of hydrogen-bond donors (Lipinski definition) is 1. The van der Waals surface area contributed by atoms with Crippen LogP contribution >= 0.6 is 0 Å². The maximum atomic E-state index is 10.2. The van der Waals surface area contributed by atoms with Crippen LogP contribution in [-0.4, -0.2) is 16.2 Å². The number of benzene rings is 1. The zero-order valence-corrected chi connectivity index (χ0v) is 10.2. The van der Waals surface area contributed by atoms with Crippen LogP contribution in [0.5, 0.6) is 0 Å². The molecule has 18 heavy (non-hydrogen) atoms. The summed E-state index contributed by atoms with van der Waals surface area (Å²) < 4.78 is 0. The fraction of sp³-hybridized carbons (Fsp3) is 0.312. The molecule has 1 fully saturated rings. The number of aliphatic hydroxyl groups is 1. The Balaban J connectivity index is 1.61. The van der Waals surface area contributed by atoms with Crippen molar-refractivity contribution < 1.29 is 5.11 Å². The molecule has 0 aliphatic heterocycles. The predicted molar refractivity (Wildman–Crippen MR) is 71.2 cm³/mol. The van der Waals surface area contributed by atoms with Gasteiger partial charge < -0.3 is 5.11 Å². The molecule has 0 amide bonds. The maximum absolute atomic E-state index is 10.2. The molecule has 1 aliphatic carbocycles. The fourth-order valence-electron chi connectivity index (χ4n) is 2.61. The van der Waals surface area contributed by atoms with Gasteiger partial charge in [-0.05, 0) is 36.0 Å². The molecule has 3 rings (SSSR count). The number of aromatic nitrogens is 1. The molecule has 1 aliphatic rings. The lowest BCUT2D eigenvalue weighted by Crippen LogP contribution is -2.14. The van der Waals surface area contributed by atoms with Gasteiger partial charge in [-0.3, -0.25) is 4.98 Å². The summed E-state index contributed by atoms with van der Waals surface area (Å²) in [5.41, 5.74) is 2.33. The second-order valence-corrected chi connectivity index (χ2v) is 5.01. The van der Waals surface area contributed by atoms with Crippen molar-refractivity contribution >= 4 is 0 Å². The average Bonchev–Trinajstić information content (AvgIpc) is 3.21. The van der Waals surface area contributed by atoms with Gasteiger partial charge in [0.2, 0.25) is 0 Å². The van der Waals surface area contributed by atoms with Gasteiger partial charge in [-0.15, -0.1) is 0 Å². The third-order valence-electron chi connectivity index (χ3n) is 3.71. The highest BCUT2D eigenvalue weighted by Gasteiger charge is 2.43. The van der Waals surface area contributed by atoms with Crippen LogP contribution < -0.4 is 0 Å². The molecule has 1 aromatic heterocycles. The van der Waals surface area contributed by atoms with E-state index in [0.717, 1.165) is 12.1 Å². The Morgan fingerprint density at radius 2 is 1.89 bits per heavy atom. The largest absolute Gasteiger partial charge is 0.392 e. The van der Waals surface area contributed by atoms with E-state index in [4.69, 9.17) is 0 Å². The van der Waals surface area contributed by atoms with E-state index in [0.29, 0.717) is 18.3 Å². The molecule has 0 bridgehead atoms. The van der Waals surface area contributed by atoms with Crippen molar-refractivity contribution in [2.75, 3.05) is 0 Å². The summed E-state index contributed by atoms with van der Waals surface area (Å²) in [6.45, 7) is 0. The monoisotopic (exact) mass is 239 g/mol. The van der Waals surface area contributed by atoms with Gasteiger partial charge >= 0.3 is 0 Å². The van der Waals surface area contributed by atoms with Gasteiger partial charge in [-0.25, -0.2) is 0 Å².